The summed E-state index contributed by atoms with van der Waals surface area (Å²) < 4.78 is 29.4. The number of likely N-dealkylation sites (N-methyl/N-ethyl adjacent to an activating group) is 1. The number of hydrogen-bond donors (Lipinski definition) is 1. The molecule has 3 aromatic rings. The first-order chi connectivity index (χ1) is 15.2. The summed E-state index contributed by atoms with van der Waals surface area (Å²) in [5, 5.41) is 4.69. The number of rotatable bonds is 6. The quantitative estimate of drug-likeness (QED) is 0.530. The Morgan fingerprint density at radius 3 is 2.31 bits per heavy atom. The summed E-state index contributed by atoms with van der Waals surface area (Å²) in [5.74, 6) is 0. The molecule has 170 valence electrons. The fourth-order valence-corrected chi connectivity index (χ4v) is 4.51. The lowest BCUT2D eigenvalue weighted by molar-refractivity contribution is -0.0227. The van der Waals surface area contributed by atoms with Crippen LogP contribution in [0.25, 0.3) is 0 Å². The summed E-state index contributed by atoms with van der Waals surface area (Å²) in [5.41, 5.74) is 7.51. The molecule has 0 saturated heterocycles. The first-order valence-corrected chi connectivity index (χ1v) is 12.2. The van der Waals surface area contributed by atoms with E-state index in [-0.39, 0.29) is 4.90 Å². The summed E-state index contributed by atoms with van der Waals surface area (Å²) >= 11 is 0. The molecule has 5 nitrogen and oxygen atoms in total. The Balaban J connectivity index is 0.000000238. The van der Waals surface area contributed by atoms with Crippen molar-refractivity contribution in [3.63, 3.8) is 0 Å². The first kappa shape index (κ1) is 24.0. The molecule has 0 amide bonds. The third kappa shape index (κ3) is 6.92. The lowest BCUT2D eigenvalue weighted by Crippen LogP contribution is -2.25. The molecule has 0 aliphatic carbocycles. The van der Waals surface area contributed by atoms with Crippen molar-refractivity contribution in [2.75, 3.05) is 25.5 Å². The summed E-state index contributed by atoms with van der Waals surface area (Å²) in [4.78, 5) is 0.167. The minimum absolute atomic E-state index is 0.167. The van der Waals surface area contributed by atoms with Crippen LogP contribution in [0, 0.1) is 20.8 Å². The Bertz CT molecular complexity index is 1140. The monoisotopic (exact) mass is 452 g/mol. The number of nitrogens with one attached hydrogen (secondary N) is 1. The molecule has 32 heavy (non-hydrogen) atoms. The van der Waals surface area contributed by atoms with Gasteiger partial charge in [-0.05, 0) is 62.9 Å². The lowest BCUT2D eigenvalue weighted by atomic mass is 10.1. The molecule has 1 aliphatic heterocycles. The van der Waals surface area contributed by atoms with Gasteiger partial charge in [-0.15, -0.1) is 0 Å². The zero-order chi connectivity index (χ0) is 23.1. The van der Waals surface area contributed by atoms with Crippen LogP contribution in [0.1, 0.15) is 27.8 Å². The fourth-order valence-electron chi connectivity index (χ4n) is 3.54. The molecule has 0 bridgehead atoms. The van der Waals surface area contributed by atoms with Crippen molar-refractivity contribution in [2.24, 2.45) is 0 Å². The largest absolute Gasteiger partial charge is 0.384 e. The second-order valence-electron chi connectivity index (χ2n) is 8.27. The van der Waals surface area contributed by atoms with E-state index in [2.05, 4.69) is 36.5 Å². The number of benzene rings is 3. The van der Waals surface area contributed by atoms with Crippen LogP contribution < -0.4 is 5.32 Å². The summed E-state index contributed by atoms with van der Waals surface area (Å²) in [6.07, 6.45) is 1.92. The second kappa shape index (κ2) is 10.8. The van der Waals surface area contributed by atoms with E-state index < -0.39 is 10.1 Å². The van der Waals surface area contributed by atoms with Crippen molar-refractivity contribution >= 4 is 15.8 Å². The van der Waals surface area contributed by atoms with Gasteiger partial charge < -0.3 is 5.32 Å². The van der Waals surface area contributed by atoms with Gasteiger partial charge in [-0.2, -0.15) is 17.8 Å². The van der Waals surface area contributed by atoms with Gasteiger partial charge in [0.25, 0.3) is 0 Å². The normalized spacial score (nSPS) is 12.7. The van der Waals surface area contributed by atoms with Gasteiger partial charge in [0.1, 0.15) is 0 Å². The molecule has 0 saturated carbocycles. The number of hydroxylamine groups is 2. The zero-order valence-electron chi connectivity index (χ0n) is 19.3. The highest BCUT2D eigenvalue weighted by Crippen LogP contribution is 2.22. The second-order valence-corrected chi connectivity index (χ2v) is 9.80. The van der Waals surface area contributed by atoms with Crippen molar-refractivity contribution < 1.29 is 12.7 Å². The van der Waals surface area contributed by atoms with Crippen molar-refractivity contribution in [2.45, 2.75) is 38.5 Å². The predicted octanol–water partition coefficient (Wildman–Crippen LogP) is 5.06. The van der Waals surface area contributed by atoms with Gasteiger partial charge in [0, 0.05) is 25.8 Å². The maximum Gasteiger partial charge on any atom is 0.313 e. The van der Waals surface area contributed by atoms with Gasteiger partial charge in [-0.1, -0.05) is 65.2 Å². The molecular formula is C26H32N2O3S. The smallest absolute Gasteiger partial charge is 0.313 e. The van der Waals surface area contributed by atoms with Crippen LogP contribution >= 0.6 is 0 Å². The van der Waals surface area contributed by atoms with Crippen LogP contribution in [0.3, 0.4) is 0 Å². The lowest BCUT2D eigenvalue weighted by Gasteiger charge is -2.16. The number of aryl methyl sites for hydroxylation is 3. The minimum Gasteiger partial charge on any atom is -0.384 e. The van der Waals surface area contributed by atoms with E-state index >= 15 is 0 Å². The third-order valence-electron chi connectivity index (χ3n) is 5.30. The molecule has 3 aromatic carbocycles. The van der Waals surface area contributed by atoms with Gasteiger partial charge in [0.2, 0.25) is 0 Å². The highest BCUT2D eigenvalue weighted by molar-refractivity contribution is 7.86. The SMILES string of the molecule is Cc1ccc(S(=O)(=O)ON(C)CCc2cccc(C)c2)cc1.Cc1ccc2c(c1)CCN2. The van der Waals surface area contributed by atoms with Crippen molar-refractivity contribution in [3.8, 4) is 0 Å². The number of anilines is 1. The van der Waals surface area contributed by atoms with Crippen LogP contribution in [0.15, 0.2) is 71.6 Å². The van der Waals surface area contributed by atoms with Gasteiger partial charge in [-0.3, -0.25) is 0 Å². The van der Waals surface area contributed by atoms with E-state index in [0.29, 0.717) is 6.54 Å². The topological polar surface area (TPSA) is 58.6 Å². The summed E-state index contributed by atoms with van der Waals surface area (Å²) in [6, 6.07) is 21.3. The molecule has 6 heteroatoms. The molecule has 4 rings (SSSR count). The Morgan fingerprint density at radius 2 is 1.59 bits per heavy atom. The summed E-state index contributed by atoms with van der Waals surface area (Å²) in [7, 11) is -2.14. The van der Waals surface area contributed by atoms with E-state index in [9.17, 15) is 8.42 Å². The third-order valence-corrected chi connectivity index (χ3v) is 6.60. The van der Waals surface area contributed by atoms with Crippen LogP contribution in [0.4, 0.5) is 5.69 Å². The van der Waals surface area contributed by atoms with Gasteiger partial charge >= 0.3 is 10.1 Å². The standard InChI is InChI=1S/C17H21NO3S.C9H11N/c1-14-7-9-17(10-8-14)22(19,20)21-18(3)12-11-16-6-4-5-15(2)13-16;1-7-2-3-9-8(6-7)4-5-10-9/h4-10,13H,11-12H2,1-3H3;2-3,6,10H,4-5H2,1H3. The van der Waals surface area contributed by atoms with Crippen molar-refractivity contribution in [3.05, 3.63) is 94.5 Å². The zero-order valence-corrected chi connectivity index (χ0v) is 20.1. The van der Waals surface area contributed by atoms with Gasteiger partial charge in [0.15, 0.2) is 0 Å². The van der Waals surface area contributed by atoms with Crippen LogP contribution in [0.5, 0.6) is 0 Å². The Morgan fingerprint density at radius 1 is 0.906 bits per heavy atom. The molecule has 1 N–H and O–H groups in total. The number of nitrogens with zero attached hydrogens (tertiary/aromatic N) is 1. The Hall–Kier alpha value is -2.67. The molecule has 0 aromatic heterocycles. The maximum atomic E-state index is 12.2. The van der Waals surface area contributed by atoms with E-state index in [0.717, 1.165) is 24.1 Å². The average Bonchev–Trinajstić information content (AvgIpc) is 3.20. The Kier molecular flexibility index (Phi) is 8.07. The van der Waals surface area contributed by atoms with Crippen LogP contribution in [-0.4, -0.2) is 33.6 Å². The molecule has 0 fully saturated rings. The van der Waals surface area contributed by atoms with E-state index in [1.807, 2.05) is 32.0 Å². The predicted molar refractivity (Wildman–Crippen MR) is 130 cm³/mol. The number of hydrogen-bond acceptors (Lipinski definition) is 5. The van der Waals surface area contributed by atoms with E-state index in [1.54, 1.807) is 31.3 Å². The fraction of sp³-hybridized carbons (Fsp3) is 0.308. The van der Waals surface area contributed by atoms with E-state index in [1.165, 1.54) is 33.9 Å². The van der Waals surface area contributed by atoms with E-state index in [4.69, 9.17) is 4.28 Å². The molecule has 0 radical (unpaired) electrons. The molecule has 0 spiro atoms. The Labute approximate surface area is 192 Å². The van der Waals surface area contributed by atoms with Crippen LogP contribution in [0.2, 0.25) is 0 Å². The minimum atomic E-state index is -3.76. The van der Waals surface area contributed by atoms with Crippen molar-refractivity contribution in [1.82, 2.24) is 5.06 Å². The summed E-state index contributed by atoms with van der Waals surface area (Å²) in [6.45, 7) is 7.68. The highest BCUT2D eigenvalue weighted by Gasteiger charge is 2.18. The first-order valence-electron chi connectivity index (χ1n) is 10.8. The van der Waals surface area contributed by atoms with Crippen molar-refractivity contribution in [1.29, 1.82) is 0 Å². The molecule has 0 atom stereocenters. The molecular weight excluding hydrogens is 420 g/mol. The van der Waals surface area contributed by atoms with Gasteiger partial charge in [0.05, 0.1) is 4.90 Å². The average molecular weight is 453 g/mol. The van der Waals surface area contributed by atoms with Crippen LogP contribution in [-0.2, 0) is 27.2 Å². The number of fused-ring (bicyclic) bond motifs is 1. The maximum absolute atomic E-state index is 12.2. The molecule has 0 unspecified atom stereocenters. The van der Waals surface area contributed by atoms with Gasteiger partial charge in [-0.25, -0.2) is 0 Å². The molecule has 1 heterocycles. The molecule has 1 aliphatic rings. The highest BCUT2D eigenvalue weighted by atomic mass is 32.2.